The molecule has 0 aliphatic carbocycles. The highest BCUT2D eigenvalue weighted by Crippen LogP contribution is 2.22. The van der Waals surface area contributed by atoms with E-state index in [9.17, 15) is 18.0 Å². The van der Waals surface area contributed by atoms with Gasteiger partial charge in [0.25, 0.3) is 0 Å². The van der Waals surface area contributed by atoms with Crippen molar-refractivity contribution in [3.8, 4) is 5.75 Å². The Morgan fingerprint density at radius 3 is 2.36 bits per heavy atom. The molecule has 1 aromatic rings. The maximum Gasteiger partial charge on any atom is 0.410 e. The van der Waals surface area contributed by atoms with Crippen molar-refractivity contribution in [2.75, 3.05) is 13.7 Å². The molecular weight excluding hydrogens is 299 g/mol. The third-order valence-electron chi connectivity index (χ3n) is 2.53. The number of halogens is 3. The molecule has 124 valence electrons. The molecule has 0 bridgehead atoms. The van der Waals surface area contributed by atoms with Gasteiger partial charge in [0.1, 0.15) is 17.9 Å². The van der Waals surface area contributed by atoms with Crippen LogP contribution in [-0.2, 0) is 11.3 Å². The maximum absolute atomic E-state index is 12.7. The van der Waals surface area contributed by atoms with E-state index in [-0.39, 0.29) is 6.54 Å². The van der Waals surface area contributed by atoms with Crippen molar-refractivity contribution < 1.29 is 27.4 Å². The van der Waals surface area contributed by atoms with Crippen LogP contribution in [0, 0.1) is 0 Å². The molecule has 0 aromatic heterocycles. The molecule has 4 nitrogen and oxygen atoms in total. The van der Waals surface area contributed by atoms with Crippen LogP contribution in [0.2, 0.25) is 0 Å². The fraction of sp³-hybridized carbons (Fsp3) is 0.533. The molecule has 0 radical (unpaired) electrons. The van der Waals surface area contributed by atoms with Crippen molar-refractivity contribution in [2.45, 2.75) is 39.1 Å². The quantitative estimate of drug-likeness (QED) is 0.842. The first kappa shape index (κ1) is 18.1. The summed E-state index contributed by atoms with van der Waals surface area (Å²) >= 11 is 0. The van der Waals surface area contributed by atoms with Crippen molar-refractivity contribution in [1.82, 2.24) is 4.90 Å². The zero-order valence-corrected chi connectivity index (χ0v) is 13.0. The minimum absolute atomic E-state index is 0.217. The molecule has 0 N–H and O–H groups in total. The Morgan fingerprint density at radius 1 is 1.23 bits per heavy atom. The zero-order chi connectivity index (χ0) is 17.0. The monoisotopic (exact) mass is 319 g/mol. The first-order valence-electron chi connectivity index (χ1n) is 6.68. The van der Waals surface area contributed by atoms with Gasteiger partial charge in [0, 0.05) is 6.54 Å². The normalized spacial score (nSPS) is 12.0. The van der Waals surface area contributed by atoms with Crippen LogP contribution in [-0.4, -0.2) is 36.4 Å². The van der Waals surface area contributed by atoms with Gasteiger partial charge in [0.05, 0.1) is 7.11 Å². The second-order valence-electron chi connectivity index (χ2n) is 5.80. The third-order valence-corrected chi connectivity index (χ3v) is 2.53. The van der Waals surface area contributed by atoms with E-state index in [1.54, 1.807) is 45.0 Å². The summed E-state index contributed by atoms with van der Waals surface area (Å²) in [7, 11) is 1.46. The van der Waals surface area contributed by atoms with Crippen molar-refractivity contribution in [3.05, 3.63) is 29.8 Å². The molecule has 7 heteroatoms. The highest BCUT2D eigenvalue weighted by Gasteiger charge is 2.35. The number of ether oxygens (including phenoxy) is 2. The van der Waals surface area contributed by atoms with Crippen LogP contribution >= 0.6 is 0 Å². The van der Waals surface area contributed by atoms with Gasteiger partial charge in [-0.25, -0.2) is 4.79 Å². The molecule has 0 aliphatic heterocycles. The molecule has 0 unspecified atom stereocenters. The van der Waals surface area contributed by atoms with E-state index < -0.39 is 24.4 Å². The van der Waals surface area contributed by atoms with E-state index in [1.807, 2.05) is 0 Å². The Bertz CT molecular complexity index is 509. The largest absolute Gasteiger partial charge is 0.497 e. The molecule has 0 saturated heterocycles. The van der Waals surface area contributed by atoms with Crippen molar-refractivity contribution in [2.24, 2.45) is 0 Å². The van der Waals surface area contributed by atoms with Gasteiger partial charge in [0.15, 0.2) is 0 Å². The fourth-order valence-corrected chi connectivity index (χ4v) is 1.72. The third kappa shape index (κ3) is 6.69. The van der Waals surface area contributed by atoms with E-state index in [0.717, 1.165) is 0 Å². The number of methoxy groups -OCH3 is 1. The molecule has 0 atom stereocenters. The van der Waals surface area contributed by atoms with Gasteiger partial charge in [0.2, 0.25) is 0 Å². The number of benzene rings is 1. The second kappa shape index (κ2) is 6.89. The number of hydrogen-bond donors (Lipinski definition) is 0. The topological polar surface area (TPSA) is 38.8 Å². The molecule has 1 aromatic carbocycles. The lowest BCUT2D eigenvalue weighted by Gasteiger charge is -2.28. The van der Waals surface area contributed by atoms with Gasteiger partial charge >= 0.3 is 12.3 Å². The van der Waals surface area contributed by atoms with Crippen LogP contribution in [0.3, 0.4) is 0 Å². The number of nitrogens with zero attached hydrogens (tertiary/aromatic N) is 1. The highest BCUT2D eigenvalue weighted by atomic mass is 19.4. The summed E-state index contributed by atoms with van der Waals surface area (Å²) in [4.78, 5) is 12.6. The Hall–Kier alpha value is -1.92. The van der Waals surface area contributed by atoms with Gasteiger partial charge in [-0.15, -0.1) is 0 Å². The Morgan fingerprint density at radius 2 is 1.86 bits per heavy atom. The van der Waals surface area contributed by atoms with E-state index >= 15 is 0 Å². The number of alkyl halides is 3. The first-order valence-corrected chi connectivity index (χ1v) is 6.68. The number of hydrogen-bond acceptors (Lipinski definition) is 3. The standard InChI is InChI=1S/C15H20F3NO3/c1-14(2,3)22-13(20)19(10-15(16,17)18)9-11-6-5-7-12(8-11)21-4/h5-8H,9-10H2,1-4H3. The molecule has 22 heavy (non-hydrogen) atoms. The SMILES string of the molecule is COc1cccc(CN(CC(F)(F)F)C(=O)OC(C)(C)C)c1. The lowest BCUT2D eigenvalue weighted by molar-refractivity contribution is -0.145. The van der Waals surface area contributed by atoms with Gasteiger partial charge in [-0.2, -0.15) is 13.2 Å². The minimum atomic E-state index is -4.50. The maximum atomic E-state index is 12.7. The zero-order valence-electron chi connectivity index (χ0n) is 13.0. The van der Waals surface area contributed by atoms with E-state index in [4.69, 9.17) is 9.47 Å². The van der Waals surface area contributed by atoms with Crippen LogP contribution in [0.15, 0.2) is 24.3 Å². The lowest BCUT2D eigenvalue weighted by Crippen LogP contribution is -2.41. The van der Waals surface area contributed by atoms with Crippen LogP contribution < -0.4 is 4.74 Å². The Kier molecular flexibility index (Phi) is 5.68. The molecular formula is C15H20F3NO3. The van der Waals surface area contributed by atoms with Crippen molar-refractivity contribution in [1.29, 1.82) is 0 Å². The summed E-state index contributed by atoms with van der Waals surface area (Å²) in [5, 5.41) is 0. The van der Waals surface area contributed by atoms with Gasteiger partial charge in [-0.1, -0.05) is 12.1 Å². The first-order chi connectivity index (χ1) is 10.00. The highest BCUT2D eigenvalue weighted by molar-refractivity contribution is 5.68. The van der Waals surface area contributed by atoms with Crippen LogP contribution in [0.5, 0.6) is 5.75 Å². The average molecular weight is 319 g/mol. The second-order valence-corrected chi connectivity index (χ2v) is 5.80. The molecule has 1 amide bonds. The van der Waals surface area contributed by atoms with Crippen LogP contribution in [0.1, 0.15) is 26.3 Å². The van der Waals surface area contributed by atoms with Crippen molar-refractivity contribution in [3.63, 3.8) is 0 Å². The number of amides is 1. The summed E-state index contributed by atoms with van der Waals surface area (Å²) < 4.78 is 48.1. The Labute approximate surface area is 127 Å². The molecule has 0 spiro atoms. The van der Waals surface area contributed by atoms with Gasteiger partial charge in [-0.3, -0.25) is 4.90 Å². The molecule has 0 fully saturated rings. The number of carbonyl (C=O) groups excluding carboxylic acids is 1. The van der Waals surface area contributed by atoms with Gasteiger partial charge < -0.3 is 9.47 Å². The van der Waals surface area contributed by atoms with Gasteiger partial charge in [-0.05, 0) is 38.5 Å². The van der Waals surface area contributed by atoms with Crippen molar-refractivity contribution >= 4 is 6.09 Å². The van der Waals surface area contributed by atoms with E-state index in [2.05, 4.69) is 0 Å². The van der Waals surface area contributed by atoms with Crippen LogP contribution in [0.25, 0.3) is 0 Å². The molecule has 0 saturated carbocycles. The summed E-state index contributed by atoms with van der Waals surface area (Å²) in [6.07, 6.45) is -5.51. The minimum Gasteiger partial charge on any atom is -0.497 e. The van der Waals surface area contributed by atoms with E-state index in [1.165, 1.54) is 7.11 Å². The Balaban J connectivity index is 2.92. The predicted octanol–water partition coefficient (Wildman–Crippen LogP) is 3.99. The molecule has 0 heterocycles. The summed E-state index contributed by atoms with van der Waals surface area (Å²) in [5.74, 6) is 0.508. The summed E-state index contributed by atoms with van der Waals surface area (Å²) in [6, 6.07) is 6.52. The molecule has 1 rings (SSSR count). The van der Waals surface area contributed by atoms with E-state index in [0.29, 0.717) is 16.2 Å². The predicted molar refractivity (Wildman–Crippen MR) is 75.7 cm³/mol. The summed E-state index contributed by atoms with van der Waals surface area (Å²) in [5.41, 5.74) is -0.343. The average Bonchev–Trinajstić information content (AvgIpc) is 2.34. The lowest BCUT2D eigenvalue weighted by atomic mass is 10.2. The number of carbonyl (C=O) groups is 1. The smallest absolute Gasteiger partial charge is 0.410 e. The fourth-order valence-electron chi connectivity index (χ4n) is 1.72. The molecule has 0 aliphatic rings. The van der Waals surface area contributed by atoms with Crippen LogP contribution in [0.4, 0.5) is 18.0 Å². The number of rotatable bonds is 4. The summed E-state index contributed by atoms with van der Waals surface area (Å²) in [6.45, 7) is 3.21.